The molecule has 13 heavy (non-hydrogen) atoms. The number of benzene rings is 1. The van der Waals surface area contributed by atoms with Gasteiger partial charge in [0.1, 0.15) is 0 Å². The van der Waals surface area contributed by atoms with E-state index in [0.29, 0.717) is 5.41 Å². The fourth-order valence-electron chi connectivity index (χ4n) is 1.96. The summed E-state index contributed by atoms with van der Waals surface area (Å²) in [6.45, 7) is 2.33. The molecule has 2 heteroatoms. The molecule has 1 aliphatic carbocycles. The van der Waals surface area contributed by atoms with Crippen LogP contribution in [-0.4, -0.2) is 0 Å². The molecular weight excluding hydrogens is 160 g/mol. The monoisotopic (exact) mass is 176 g/mol. The zero-order valence-corrected chi connectivity index (χ0v) is 8.01. The number of anilines is 1. The van der Waals surface area contributed by atoms with Crippen LogP contribution in [0.1, 0.15) is 31.7 Å². The molecular formula is C11H16N2. The van der Waals surface area contributed by atoms with Crippen molar-refractivity contribution in [3.05, 3.63) is 29.8 Å². The largest absolute Gasteiger partial charge is 0.324 e. The van der Waals surface area contributed by atoms with Gasteiger partial charge in [0.15, 0.2) is 0 Å². The van der Waals surface area contributed by atoms with E-state index >= 15 is 0 Å². The zero-order valence-electron chi connectivity index (χ0n) is 8.01. The second-order valence-corrected chi connectivity index (χ2v) is 4.14. The minimum atomic E-state index is 0.438. The molecule has 0 aliphatic heterocycles. The van der Waals surface area contributed by atoms with E-state index in [1.54, 1.807) is 0 Å². The van der Waals surface area contributed by atoms with Crippen molar-refractivity contribution in [2.75, 3.05) is 5.43 Å². The molecule has 1 aromatic carbocycles. The van der Waals surface area contributed by atoms with Gasteiger partial charge < -0.3 is 5.43 Å². The third-order valence-electron chi connectivity index (χ3n) is 3.21. The topological polar surface area (TPSA) is 38.0 Å². The van der Waals surface area contributed by atoms with Crippen LogP contribution < -0.4 is 11.3 Å². The first kappa shape index (κ1) is 8.57. The van der Waals surface area contributed by atoms with Crippen LogP contribution in [0, 0.1) is 0 Å². The second-order valence-electron chi connectivity index (χ2n) is 4.14. The SMILES string of the molecule is CC1(c2ccc(NN)cc2)CCC1. The summed E-state index contributed by atoms with van der Waals surface area (Å²) in [5.41, 5.74) is 5.50. The van der Waals surface area contributed by atoms with E-state index < -0.39 is 0 Å². The first-order chi connectivity index (χ1) is 6.24. The molecule has 0 heterocycles. The summed E-state index contributed by atoms with van der Waals surface area (Å²) in [4.78, 5) is 0. The van der Waals surface area contributed by atoms with Crippen molar-refractivity contribution in [1.82, 2.24) is 0 Å². The molecule has 1 aliphatic rings. The number of hydrogen-bond acceptors (Lipinski definition) is 2. The molecule has 0 atom stereocenters. The number of nitrogens with one attached hydrogen (secondary N) is 1. The van der Waals surface area contributed by atoms with Gasteiger partial charge in [0.05, 0.1) is 0 Å². The lowest BCUT2D eigenvalue weighted by Gasteiger charge is -2.39. The first-order valence-electron chi connectivity index (χ1n) is 4.82. The summed E-state index contributed by atoms with van der Waals surface area (Å²) in [6, 6.07) is 8.43. The average molecular weight is 176 g/mol. The van der Waals surface area contributed by atoms with Gasteiger partial charge in [-0.25, -0.2) is 0 Å². The summed E-state index contributed by atoms with van der Waals surface area (Å²) in [7, 11) is 0. The fraction of sp³-hybridized carbons (Fsp3) is 0.455. The molecule has 0 amide bonds. The van der Waals surface area contributed by atoms with Crippen LogP contribution in [0.25, 0.3) is 0 Å². The van der Waals surface area contributed by atoms with Crippen molar-refractivity contribution in [2.24, 2.45) is 5.84 Å². The Morgan fingerprint density at radius 1 is 1.23 bits per heavy atom. The summed E-state index contributed by atoms with van der Waals surface area (Å²) < 4.78 is 0. The molecule has 1 fully saturated rings. The Balaban J connectivity index is 2.22. The van der Waals surface area contributed by atoms with Gasteiger partial charge in [-0.05, 0) is 36.0 Å². The molecule has 1 saturated carbocycles. The van der Waals surface area contributed by atoms with Gasteiger partial charge in [0, 0.05) is 5.69 Å². The van der Waals surface area contributed by atoms with E-state index in [0.717, 1.165) is 5.69 Å². The maximum atomic E-state index is 5.31. The molecule has 0 unspecified atom stereocenters. The third-order valence-corrected chi connectivity index (χ3v) is 3.21. The number of rotatable bonds is 2. The van der Waals surface area contributed by atoms with Crippen LogP contribution in [0.2, 0.25) is 0 Å². The summed E-state index contributed by atoms with van der Waals surface area (Å²) >= 11 is 0. The van der Waals surface area contributed by atoms with Crippen molar-refractivity contribution in [3.8, 4) is 0 Å². The van der Waals surface area contributed by atoms with Crippen LogP contribution in [0.3, 0.4) is 0 Å². The molecule has 0 saturated heterocycles. The predicted molar refractivity (Wildman–Crippen MR) is 55.5 cm³/mol. The van der Waals surface area contributed by atoms with E-state index in [-0.39, 0.29) is 0 Å². The highest BCUT2D eigenvalue weighted by atomic mass is 15.2. The summed E-state index contributed by atoms with van der Waals surface area (Å²) in [5.74, 6) is 5.31. The lowest BCUT2D eigenvalue weighted by molar-refractivity contribution is 0.272. The summed E-state index contributed by atoms with van der Waals surface area (Å²) in [6.07, 6.45) is 4.01. The maximum Gasteiger partial charge on any atom is 0.0485 e. The predicted octanol–water partition coefficient (Wildman–Crippen LogP) is 2.41. The van der Waals surface area contributed by atoms with Gasteiger partial charge in [-0.1, -0.05) is 25.5 Å². The molecule has 0 radical (unpaired) electrons. The first-order valence-corrected chi connectivity index (χ1v) is 4.82. The van der Waals surface area contributed by atoms with Crippen molar-refractivity contribution in [2.45, 2.75) is 31.6 Å². The minimum Gasteiger partial charge on any atom is -0.324 e. The molecule has 70 valence electrons. The Morgan fingerprint density at radius 3 is 2.23 bits per heavy atom. The van der Waals surface area contributed by atoms with Crippen LogP contribution in [0.4, 0.5) is 5.69 Å². The highest BCUT2D eigenvalue weighted by molar-refractivity contribution is 5.45. The quantitative estimate of drug-likeness (QED) is 0.536. The van der Waals surface area contributed by atoms with E-state index in [4.69, 9.17) is 5.84 Å². The van der Waals surface area contributed by atoms with Crippen LogP contribution >= 0.6 is 0 Å². The molecule has 0 aromatic heterocycles. The molecule has 2 rings (SSSR count). The average Bonchev–Trinajstić information content (AvgIpc) is 2.14. The Bertz CT molecular complexity index is 285. The van der Waals surface area contributed by atoms with E-state index in [2.05, 4.69) is 24.5 Å². The number of nitrogens with two attached hydrogens (primary N) is 1. The minimum absolute atomic E-state index is 0.438. The van der Waals surface area contributed by atoms with E-state index in [1.807, 2.05) is 12.1 Å². The summed E-state index contributed by atoms with van der Waals surface area (Å²) in [5, 5.41) is 0. The van der Waals surface area contributed by atoms with E-state index in [1.165, 1.54) is 24.8 Å². The Hall–Kier alpha value is -1.02. The fourth-order valence-corrected chi connectivity index (χ4v) is 1.96. The Morgan fingerprint density at radius 2 is 1.85 bits per heavy atom. The molecule has 3 N–H and O–H groups in total. The second kappa shape index (κ2) is 3.04. The normalized spacial score (nSPS) is 19.2. The van der Waals surface area contributed by atoms with Crippen LogP contribution in [0.5, 0.6) is 0 Å². The maximum absolute atomic E-state index is 5.31. The zero-order chi connectivity index (χ0) is 9.31. The van der Waals surface area contributed by atoms with Gasteiger partial charge in [0.25, 0.3) is 0 Å². The van der Waals surface area contributed by atoms with Gasteiger partial charge in [-0.15, -0.1) is 0 Å². The van der Waals surface area contributed by atoms with Crippen molar-refractivity contribution < 1.29 is 0 Å². The molecule has 0 spiro atoms. The molecule has 0 bridgehead atoms. The number of nitrogen functional groups attached to an aromatic ring is 1. The third kappa shape index (κ3) is 1.42. The van der Waals surface area contributed by atoms with Gasteiger partial charge in [0.2, 0.25) is 0 Å². The van der Waals surface area contributed by atoms with Crippen LogP contribution in [0.15, 0.2) is 24.3 Å². The lowest BCUT2D eigenvalue weighted by atomic mass is 9.66. The van der Waals surface area contributed by atoms with E-state index in [9.17, 15) is 0 Å². The van der Waals surface area contributed by atoms with Crippen LogP contribution in [-0.2, 0) is 5.41 Å². The van der Waals surface area contributed by atoms with Crippen molar-refractivity contribution in [1.29, 1.82) is 0 Å². The number of hydrogen-bond donors (Lipinski definition) is 2. The van der Waals surface area contributed by atoms with Crippen molar-refractivity contribution >= 4 is 5.69 Å². The smallest absolute Gasteiger partial charge is 0.0485 e. The standard InChI is InChI=1S/C11H16N2/c1-11(7-2-8-11)9-3-5-10(13-12)6-4-9/h3-6,13H,2,7-8,12H2,1H3. The molecule has 2 nitrogen and oxygen atoms in total. The van der Waals surface area contributed by atoms with Crippen molar-refractivity contribution in [3.63, 3.8) is 0 Å². The van der Waals surface area contributed by atoms with Gasteiger partial charge in [-0.2, -0.15) is 0 Å². The van der Waals surface area contributed by atoms with Gasteiger partial charge in [-0.3, -0.25) is 5.84 Å². The number of hydrazine groups is 1. The highest BCUT2D eigenvalue weighted by Crippen LogP contribution is 2.43. The Kier molecular flexibility index (Phi) is 2.00. The lowest BCUT2D eigenvalue weighted by Crippen LogP contribution is -2.30. The highest BCUT2D eigenvalue weighted by Gasteiger charge is 2.33. The molecule has 1 aromatic rings. The van der Waals surface area contributed by atoms with Gasteiger partial charge >= 0.3 is 0 Å². The Labute approximate surface area is 79.1 Å².